The molecule has 9 heteroatoms. The maximum Gasteiger partial charge on any atom is 0.416 e. The topological polar surface area (TPSA) is 62.7 Å². The van der Waals surface area contributed by atoms with Crippen molar-refractivity contribution in [2.75, 3.05) is 6.54 Å². The van der Waals surface area contributed by atoms with Crippen LogP contribution in [0.25, 0.3) is 0 Å². The Morgan fingerprint density at radius 1 is 1.48 bits per heavy atom. The second kappa shape index (κ2) is 6.62. The highest BCUT2D eigenvalue weighted by atomic mass is 32.1. The second-order valence-electron chi connectivity index (χ2n) is 6.09. The number of H-pyrrole nitrogens is 1. The summed E-state index contributed by atoms with van der Waals surface area (Å²) in [7, 11) is 0. The molecule has 2 N–H and O–H groups in total. The maximum absolute atomic E-state index is 12.8. The van der Waals surface area contributed by atoms with Crippen molar-refractivity contribution in [1.82, 2.24) is 20.1 Å². The van der Waals surface area contributed by atoms with Gasteiger partial charge in [0.05, 0.1) is 5.56 Å². The van der Waals surface area contributed by atoms with E-state index in [1.54, 1.807) is 17.6 Å². The zero-order valence-electron chi connectivity index (χ0n) is 13.4. The molecule has 1 saturated carbocycles. The van der Waals surface area contributed by atoms with Crippen molar-refractivity contribution in [2.45, 2.75) is 32.0 Å². The van der Waals surface area contributed by atoms with E-state index in [-0.39, 0.29) is 17.7 Å². The van der Waals surface area contributed by atoms with Gasteiger partial charge in [-0.25, -0.2) is 0 Å². The lowest BCUT2D eigenvalue weighted by atomic mass is 10.1. The minimum absolute atomic E-state index is 0.143. The first-order valence-corrected chi connectivity index (χ1v) is 8.25. The molecular formula is C16H17F3N4OS. The number of hydrogen-bond acceptors (Lipinski definition) is 3. The number of aromatic amines is 1. The van der Waals surface area contributed by atoms with E-state index >= 15 is 0 Å². The Labute approximate surface area is 147 Å². The van der Waals surface area contributed by atoms with Gasteiger partial charge in [0, 0.05) is 19.0 Å². The van der Waals surface area contributed by atoms with Crippen LogP contribution in [0.4, 0.5) is 13.2 Å². The van der Waals surface area contributed by atoms with E-state index in [2.05, 4.69) is 15.5 Å². The zero-order chi connectivity index (χ0) is 18.2. The normalized spacial score (nSPS) is 19.7. The SMILES string of the molecule is Cc1n[nH]c(=S)n1CCNC(=O)C1CC1c1cccc(C(F)(F)F)c1. The quantitative estimate of drug-likeness (QED) is 0.795. The van der Waals surface area contributed by atoms with Crippen LogP contribution < -0.4 is 5.32 Å². The number of benzene rings is 1. The van der Waals surface area contributed by atoms with Crippen molar-refractivity contribution >= 4 is 18.1 Å². The first-order valence-electron chi connectivity index (χ1n) is 7.84. The smallest absolute Gasteiger partial charge is 0.354 e. The number of aryl methyl sites for hydroxylation is 1. The van der Waals surface area contributed by atoms with Gasteiger partial charge in [-0.15, -0.1) is 0 Å². The number of carbonyl (C=O) groups is 1. The van der Waals surface area contributed by atoms with E-state index in [1.165, 1.54) is 6.07 Å². The van der Waals surface area contributed by atoms with Crippen molar-refractivity contribution in [3.05, 3.63) is 46.0 Å². The summed E-state index contributed by atoms with van der Waals surface area (Å²) >= 11 is 5.08. The van der Waals surface area contributed by atoms with Gasteiger partial charge in [-0.05, 0) is 43.1 Å². The summed E-state index contributed by atoms with van der Waals surface area (Å²) in [6, 6.07) is 5.19. The molecule has 0 aliphatic heterocycles. The number of halogens is 3. The zero-order valence-corrected chi connectivity index (χ0v) is 14.2. The fourth-order valence-corrected chi connectivity index (χ4v) is 3.15. The molecule has 2 aromatic rings. The standard InChI is InChI=1S/C16H17F3N4OS/c1-9-21-22-15(25)23(9)6-5-20-14(24)13-8-12(13)10-3-2-4-11(7-10)16(17,18)19/h2-4,7,12-13H,5-6,8H2,1H3,(H,20,24)(H,22,25). The number of amides is 1. The van der Waals surface area contributed by atoms with Crippen LogP contribution in [0.2, 0.25) is 0 Å². The number of nitrogens with zero attached hydrogens (tertiary/aromatic N) is 2. The lowest BCUT2D eigenvalue weighted by Crippen LogP contribution is -2.29. The molecule has 1 fully saturated rings. The molecule has 1 aliphatic carbocycles. The van der Waals surface area contributed by atoms with E-state index in [4.69, 9.17) is 12.2 Å². The molecule has 0 radical (unpaired) electrons. The van der Waals surface area contributed by atoms with Gasteiger partial charge in [-0.2, -0.15) is 18.3 Å². The molecule has 3 rings (SSSR count). The van der Waals surface area contributed by atoms with Crippen molar-refractivity contribution < 1.29 is 18.0 Å². The molecule has 2 atom stereocenters. The van der Waals surface area contributed by atoms with Crippen molar-refractivity contribution in [2.24, 2.45) is 5.92 Å². The van der Waals surface area contributed by atoms with Crippen LogP contribution in [0.5, 0.6) is 0 Å². The summed E-state index contributed by atoms with van der Waals surface area (Å²) in [5, 5.41) is 9.46. The molecule has 1 amide bonds. The Balaban J connectivity index is 1.55. The van der Waals surface area contributed by atoms with Crippen LogP contribution in [-0.2, 0) is 17.5 Å². The Morgan fingerprint density at radius 3 is 2.88 bits per heavy atom. The van der Waals surface area contributed by atoms with Crippen LogP contribution in [-0.4, -0.2) is 27.2 Å². The number of nitrogens with one attached hydrogen (secondary N) is 2. The summed E-state index contributed by atoms with van der Waals surface area (Å²) in [5.41, 5.74) is -0.122. The van der Waals surface area contributed by atoms with E-state index < -0.39 is 11.7 Å². The van der Waals surface area contributed by atoms with Crippen LogP contribution >= 0.6 is 12.2 Å². The lowest BCUT2D eigenvalue weighted by Gasteiger charge is -2.09. The molecule has 2 unspecified atom stereocenters. The molecule has 1 aromatic carbocycles. The van der Waals surface area contributed by atoms with Gasteiger partial charge in [0.2, 0.25) is 5.91 Å². The number of rotatable bonds is 5. The predicted octanol–water partition coefficient (Wildman–Crippen LogP) is 3.19. The fourth-order valence-electron chi connectivity index (χ4n) is 2.88. The second-order valence-corrected chi connectivity index (χ2v) is 6.48. The first kappa shape index (κ1) is 17.7. The van der Waals surface area contributed by atoms with Crippen LogP contribution in [0.1, 0.15) is 29.3 Å². The molecule has 134 valence electrons. The average Bonchev–Trinajstić information content (AvgIpc) is 3.30. The molecule has 1 aromatic heterocycles. The van der Waals surface area contributed by atoms with Crippen molar-refractivity contribution in [3.63, 3.8) is 0 Å². The highest BCUT2D eigenvalue weighted by Crippen LogP contribution is 2.48. The Morgan fingerprint density at radius 2 is 2.24 bits per heavy atom. The van der Waals surface area contributed by atoms with Gasteiger partial charge >= 0.3 is 6.18 Å². The van der Waals surface area contributed by atoms with Gasteiger partial charge < -0.3 is 9.88 Å². The van der Waals surface area contributed by atoms with E-state index in [0.29, 0.717) is 29.8 Å². The Bertz CT molecular complexity index is 842. The van der Waals surface area contributed by atoms with E-state index in [9.17, 15) is 18.0 Å². The van der Waals surface area contributed by atoms with Crippen molar-refractivity contribution in [1.29, 1.82) is 0 Å². The Kier molecular flexibility index (Phi) is 4.68. The van der Waals surface area contributed by atoms with E-state index in [0.717, 1.165) is 18.0 Å². The third kappa shape index (κ3) is 3.92. The van der Waals surface area contributed by atoms with Crippen molar-refractivity contribution in [3.8, 4) is 0 Å². The minimum atomic E-state index is -4.37. The highest BCUT2D eigenvalue weighted by Gasteiger charge is 2.44. The van der Waals surface area contributed by atoms with Gasteiger partial charge in [-0.3, -0.25) is 9.89 Å². The van der Waals surface area contributed by atoms with Gasteiger partial charge in [0.25, 0.3) is 0 Å². The van der Waals surface area contributed by atoms with Gasteiger partial charge in [0.15, 0.2) is 4.77 Å². The minimum Gasteiger partial charge on any atom is -0.354 e. The van der Waals surface area contributed by atoms with Crippen LogP contribution in [0.3, 0.4) is 0 Å². The molecule has 0 spiro atoms. The number of aromatic nitrogens is 3. The molecule has 1 heterocycles. The Hall–Kier alpha value is -2.16. The summed E-state index contributed by atoms with van der Waals surface area (Å²) in [6.45, 7) is 2.69. The first-order chi connectivity index (χ1) is 11.8. The van der Waals surface area contributed by atoms with Crippen LogP contribution in [0.15, 0.2) is 24.3 Å². The highest BCUT2D eigenvalue weighted by molar-refractivity contribution is 7.71. The van der Waals surface area contributed by atoms with Gasteiger partial charge in [0.1, 0.15) is 5.82 Å². The lowest BCUT2D eigenvalue weighted by molar-refractivity contribution is -0.137. The molecule has 5 nitrogen and oxygen atoms in total. The summed E-state index contributed by atoms with van der Waals surface area (Å²) in [6.07, 6.45) is -3.80. The number of carbonyl (C=O) groups excluding carboxylic acids is 1. The fraction of sp³-hybridized carbons (Fsp3) is 0.438. The maximum atomic E-state index is 12.8. The van der Waals surface area contributed by atoms with Gasteiger partial charge in [-0.1, -0.05) is 18.2 Å². The molecule has 25 heavy (non-hydrogen) atoms. The largest absolute Gasteiger partial charge is 0.416 e. The molecule has 1 aliphatic rings. The molecule has 0 bridgehead atoms. The molecular weight excluding hydrogens is 353 g/mol. The third-order valence-corrected chi connectivity index (χ3v) is 4.66. The number of hydrogen-bond donors (Lipinski definition) is 2. The molecule has 0 saturated heterocycles. The third-order valence-electron chi connectivity index (χ3n) is 4.35. The average molecular weight is 370 g/mol. The monoisotopic (exact) mass is 370 g/mol. The number of alkyl halides is 3. The summed E-state index contributed by atoms with van der Waals surface area (Å²) in [4.78, 5) is 12.2. The van der Waals surface area contributed by atoms with E-state index in [1.807, 2.05) is 0 Å². The predicted molar refractivity (Wildman–Crippen MR) is 87.5 cm³/mol. The van der Waals surface area contributed by atoms with Crippen LogP contribution in [0, 0.1) is 17.6 Å². The summed E-state index contributed by atoms with van der Waals surface area (Å²) < 4.78 is 40.6. The summed E-state index contributed by atoms with van der Waals surface area (Å²) in [5.74, 6) is 0.157.